The summed E-state index contributed by atoms with van der Waals surface area (Å²) >= 11 is 5.90. The molecule has 2 aromatic rings. The number of aryl methyl sites for hydroxylation is 1. The summed E-state index contributed by atoms with van der Waals surface area (Å²) in [6.07, 6.45) is 0.456. The van der Waals surface area contributed by atoms with Crippen molar-refractivity contribution in [3.05, 3.63) is 46.5 Å². The Hall–Kier alpha value is -2.87. The average molecular weight is 408 g/mol. The van der Waals surface area contributed by atoms with Crippen LogP contribution < -0.4 is 5.32 Å². The molecule has 1 N–H and O–H groups in total. The van der Waals surface area contributed by atoms with Crippen molar-refractivity contribution >= 4 is 35.1 Å². The Morgan fingerprint density at radius 1 is 1.32 bits per heavy atom. The second kappa shape index (κ2) is 9.36. The van der Waals surface area contributed by atoms with E-state index in [9.17, 15) is 14.4 Å². The monoisotopic (exact) mass is 407 g/mol. The lowest BCUT2D eigenvalue weighted by atomic mass is 10.2. The minimum atomic E-state index is -1.04. The van der Waals surface area contributed by atoms with Crippen molar-refractivity contribution in [1.29, 1.82) is 0 Å². The van der Waals surface area contributed by atoms with E-state index < -0.39 is 23.9 Å². The minimum absolute atomic E-state index is 0.137. The zero-order valence-corrected chi connectivity index (χ0v) is 16.9. The number of aromatic nitrogens is 2. The molecule has 0 saturated carbocycles. The molecular formula is C19H22ClN3O5. The number of carbonyl (C=O) groups excluding carboxylic acids is 3. The smallest absolute Gasteiger partial charge is 0.339 e. The van der Waals surface area contributed by atoms with Crippen molar-refractivity contribution in [2.75, 3.05) is 11.9 Å². The third-order valence-electron chi connectivity index (χ3n) is 4.05. The summed E-state index contributed by atoms with van der Waals surface area (Å²) in [5.74, 6) is -1.59. The van der Waals surface area contributed by atoms with Gasteiger partial charge in [-0.1, -0.05) is 11.6 Å². The van der Waals surface area contributed by atoms with Gasteiger partial charge in [0.2, 0.25) is 0 Å². The van der Waals surface area contributed by atoms with Crippen LogP contribution in [-0.2, 0) is 25.6 Å². The number of ether oxygens (including phenoxy) is 2. The number of amides is 1. The first kappa shape index (κ1) is 21.4. The molecule has 0 aromatic carbocycles. The fourth-order valence-corrected chi connectivity index (χ4v) is 2.76. The molecule has 0 unspecified atom stereocenters. The van der Waals surface area contributed by atoms with Gasteiger partial charge in [0.15, 0.2) is 11.3 Å². The zero-order valence-electron chi connectivity index (χ0n) is 16.1. The van der Waals surface area contributed by atoms with E-state index in [1.807, 2.05) is 0 Å². The van der Waals surface area contributed by atoms with E-state index in [0.717, 1.165) is 0 Å². The predicted molar refractivity (Wildman–Crippen MR) is 103 cm³/mol. The Morgan fingerprint density at radius 2 is 2.04 bits per heavy atom. The maximum absolute atomic E-state index is 12.3. The molecule has 0 bridgehead atoms. The molecule has 0 aliphatic rings. The first-order valence-electron chi connectivity index (χ1n) is 8.69. The summed E-state index contributed by atoms with van der Waals surface area (Å²) in [4.78, 5) is 40.3. The van der Waals surface area contributed by atoms with Gasteiger partial charge in [0.05, 0.1) is 17.9 Å². The van der Waals surface area contributed by atoms with Crippen molar-refractivity contribution in [1.82, 2.24) is 9.55 Å². The number of hydrogen-bond acceptors (Lipinski definition) is 6. The van der Waals surface area contributed by atoms with Gasteiger partial charge in [-0.25, -0.2) is 9.78 Å². The molecule has 28 heavy (non-hydrogen) atoms. The van der Waals surface area contributed by atoms with Crippen LogP contribution in [0.5, 0.6) is 0 Å². The molecular weight excluding hydrogens is 386 g/mol. The van der Waals surface area contributed by atoms with Crippen molar-refractivity contribution in [2.45, 2.75) is 40.3 Å². The van der Waals surface area contributed by atoms with Gasteiger partial charge in [0, 0.05) is 17.6 Å². The molecule has 150 valence electrons. The quantitative estimate of drug-likeness (QED) is 0.559. The lowest BCUT2D eigenvalue weighted by molar-refractivity contribution is -0.153. The average Bonchev–Trinajstić information content (AvgIpc) is 2.92. The van der Waals surface area contributed by atoms with Crippen molar-refractivity contribution in [3.8, 4) is 0 Å². The van der Waals surface area contributed by atoms with Crippen LogP contribution in [0.4, 0.5) is 5.69 Å². The van der Waals surface area contributed by atoms with E-state index in [-0.39, 0.29) is 18.3 Å². The summed E-state index contributed by atoms with van der Waals surface area (Å²) in [5.41, 5.74) is 2.02. The fourth-order valence-electron chi connectivity index (χ4n) is 2.59. The first-order chi connectivity index (χ1) is 13.2. The zero-order chi connectivity index (χ0) is 20.8. The van der Waals surface area contributed by atoms with E-state index in [1.165, 1.54) is 13.1 Å². The van der Waals surface area contributed by atoms with Gasteiger partial charge in [-0.15, -0.1) is 0 Å². The molecule has 0 saturated heterocycles. The van der Waals surface area contributed by atoms with Gasteiger partial charge in [-0.05, 0) is 45.9 Å². The lowest BCUT2D eigenvalue weighted by Gasteiger charge is -2.15. The standard InChI is InChI=1S/C19H22ClN3O5/c1-5-27-19(26)14-9-11(2)23(12(14)3)10-16(24)28-13(4)18(25)22-15-7-6-8-21-17(15)20/h6-9,13H,5,10H2,1-4H3,(H,22,25)/t13-/m1/s1. The third-order valence-corrected chi connectivity index (χ3v) is 4.35. The number of halogens is 1. The number of carbonyl (C=O) groups is 3. The molecule has 0 fully saturated rings. The van der Waals surface area contributed by atoms with Crippen LogP contribution in [0.2, 0.25) is 5.15 Å². The van der Waals surface area contributed by atoms with Gasteiger partial charge >= 0.3 is 11.9 Å². The molecule has 2 aromatic heterocycles. The highest BCUT2D eigenvalue weighted by molar-refractivity contribution is 6.32. The van der Waals surface area contributed by atoms with Gasteiger partial charge in [-0.3, -0.25) is 9.59 Å². The second-order valence-electron chi connectivity index (χ2n) is 6.05. The highest BCUT2D eigenvalue weighted by atomic mass is 35.5. The maximum atomic E-state index is 12.3. The van der Waals surface area contributed by atoms with E-state index in [2.05, 4.69) is 10.3 Å². The fraction of sp³-hybridized carbons (Fsp3) is 0.368. The largest absolute Gasteiger partial charge is 0.462 e. The normalized spacial score (nSPS) is 11.6. The Bertz CT molecular complexity index is 894. The van der Waals surface area contributed by atoms with Crippen LogP contribution in [-0.4, -0.2) is 40.1 Å². The van der Waals surface area contributed by atoms with Crippen LogP contribution in [0.15, 0.2) is 24.4 Å². The molecule has 1 amide bonds. The molecule has 0 aliphatic heterocycles. The van der Waals surface area contributed by atoms with E-state index in [0.29, 0.717) is 22.6 Å². The van der Waals surface area contributed by atoms with Crippen LogP contribution in [0, 0.1) is 13.8 Å². The molecule has 8 nitrogen and oxygen atoms in total. The first-order valence-corrected chi connectivity index (χ1v) is 9.07. The van der Waals surface area contributed by atoms with Crippen molar-refractivity contribution in [2.24, 2.45) is 0 Å². The van der Waals surface area contributed by atoms with E-state index in [4.69, 9.17) is 21.1 Å². The lowest BCUT2D eigenvalue weighted by Crippen LogP contribution is -2.31. The Balaban J connectivity index is 2.01. The third kappa shape index (κ3) is 5.10. The summed E-state index contributed by atoms with van der Waals surface area (Å²) in [7, 11) is 0. The molecule has 1 atom stereocenters. The SMILES string of the molecule is CCOC(=O)c1cc(C)n(CC(=O)O[C@H](C)C(=O)Nc2cccnc2Cl)c1C. The van der Waals surface area contributed by atoms with Crippen molar-refractivity contribution < 1.29 is 23.9 Å². The number of esters is 2. The van der Waals surface area contributed by atoms with Crippen LogP contribution >= 0.6 is 11.6 Å². The summed E-state index contributed by atoms with van der Waals surface area (Å²) in [6.45, 7) is 6.79. The van der Waals surface area contributed by atoms with Gasteiger partial charge < -0.3 is 19.4 Å². The van der Waals surface area contributed by atoms with Crippen LogP contribution in [0.3, 0.4) is 0 Å². The Labute approximate surface area is 167 Å². The molecule has 0 radical (unpaired) electrons. The number of nitrogens with one attached hydrogen (secondary N) is 1. The molecule has 2 rings (SSSR count). The molecule has 0 spiro atoms. The van der Waals surface area contributed by atoms with Gasteiger partial charge in [0.25, 0.3) is 5.91 Å². The number of anilines is 1. The number of pyridine rings is 1. The molecule has 2 heterocycles. The predicted octanol–water partition coefficient (Wildman–Crippen LogP) is 2.90. The Kier molecular flexibility index (Phi) is 7.17. The molecule has 9 heteroatoms. The number of rotatable bonds is 7. The highest BCUT2D eigenvalue weighted by Gasteiger charge is 2.22. The topological polar surface area (TPSA) is 99.5 Å². The van der Waals surface area contributed by atoms with Gasteiger partial charge in [-0.2, -0.15) is 0 Å². The second-order valence-corrected chi connectivity index (χ2v) is 6.41. The summed E-state index contributed by atoms with van der Waals surface area (Å²) in [5, 5.41) is 2.69. The van der Waals surface area contributed by atoms with Gasteiger partial charge in [0.1, 0.15) is 6.54 Å². The maximum Gasteiger partial charge on any atom is 0.339 e. The summed E-state index contributed by atoms with van der Waals surface area (Å²) in [6, 6.07) is 4.86. The van der Waals surface area contributed by atoms with Crippen molar-refractivity contribution in [3.63, 3.8) is 0 Å². The Morgan fingerprint density at radius 3 is 2.68 bits per heavy atom. The van der Waals surface area contributed by atoms with E-state index in [1.54, 1.807) is 43.5 Å². The molecule has 0 aliphatic carbocycles. The number of nitrogens with zero attached hydrogens (tertiary/aromatic N) is 2. The highest BCUT2D eigenvalue weighted by Crippen LogP contribution is 2.19. The minimum Gasteiger partial charge on any atom is -0.462 e. The van der Waals surface area contributed by atoms with Crippen LogP contribution in [0.1, 0.15) is 35.6 Å². The summed E-state index contributed by atoms with van der Waals surface area (Å²) < 4.78 is 11.8. The number of hydrogen-bond donors (Lipinski definition) is 1. The van der Waals surface area contributed by atoms with E-state index >= 15 is 0 Å². The van der Waals surface area contributed by atoms with Crippen LogP contribution in [0.25, 0.3) is 0 Å².